The van der Waals surface area contributed by atoms with Gasteiger partial charge in [-0.05, 0) is 73.7 Å². The van der Waals surface area contributed by atoms with E-state index >= 15 is 0 Å². The number of hydrogen-bond acceptors (Lipinski definition) is 6. The Hall–Kier alpha value is -2.99. The first-order chi connectivity index (χ1) is 15.5. The second kappa shape index (κ2) is 9.65. The van der Waals surface area contributed by atoms with Crippen LogP contribution >= 0.6 is 0 Å². The lowest BCUT2D eigenvalue weighted by Crippen LogP contribution is -2.34. The summed E-state index contributed by atoms with van der Waals surface area (Å²) in [4.78, 5) is 18.4. The lowest BCUT2D eigenvalue weighted by atomic mass is 9.93. The van der Waals surface area contributed by atoms with E-state index in [1.165, 1.54) is 29.5 Å². The highest BCUT2D eigenvalue weighted by Gasteiger charge is 2.29. The van der Waals surface area contributed by atoms with E-state index in [1.807, 2.05) is 49.7 Å². The van der Waals surface area contributed by atoms with Crippen molar-refractivity contribution in [3.8, 4) is 16.9 Å². The molecule has 1 aromatic carbocycles. The molecule has 0 bridgehead atoms. The van der Waals surface area contributed by atoms with E-state index in [4.69, 9.17) is 9.72 Å². The smallest absolute Gasteiger partial charge is 0.225 e. The number of benzene rings is 1. The summed E-state index contributed by atoms with van der Waals surface area (Å²) >= 11 is 0. The molecular weight excluding hydrogens is 398 g/mol. The average Bonchev–Trinajstić information content (AvgIpc) is 2.82. The fourth-order valence-corrected chi connectivity index (χ4v) is 4.56. The van der Waals surface area contributed by atoms with Crippen LogP contribution in [0.2, 0.25) is 0 Å². The van der Waals surface area contributed by atoms with Crippen molar-refractivity contribution in [2.24, 2.45) is 0 Å². The van der Waals surface area contributed by atoms with Crippen LogP contribution in [0.25, 0.3) is 11.1 Å². The van der Waals surface area contributed by atoms with Crippen LogP contribution < -0.4 is 9.64 Å². The summed E-state index contributed by atoms with van der Waals surface area (Å²) in [6, 6.07) is 8.63. The fourth-order valence-electron chi connectivity index (χ4n) is 4.56. The predicted octanol–water partition coefficient (Wildman–Crippen LogP) is 4.96. The highest BCUT2D eigenvalue weighted by Crippen LogP contribution is 2.37. The van der Waals surface area contributed by atoms with E-state index in [0.717, 1.165) is 48.0 Å². The van der Waals surface area contributed by atoms with E-state index in [0.29, 0.717) is 0 Å². The standard InChI is InChI=1S/C26H33N5O/c1-18-19(2)24(32-5)10-9-21(18)17-31-15-7-6-8-23(31)25-22(20-11-13-27-14-12-20)16-28-26(29-25)30(3)4/h9-14,16,23H,6-8,15,17H2,1-5H3/t23-/m1/s1. The monoisotopic (exact) mass is 431 g/mol. The maximum Gasteiger partial charge on any atom is 0.225 e. The molecule has 2 aromatic heterocycles. The maximum absolute atomic E-state index is 5.52. The van der Waals surface area contributed by atoms with Gasteiger partial charge in [0.2, 0.25) is 5.95 Å². The second-order valence-corrected chi connectivity index (χ2v) is 8.76. The normalized spacial score (nSPS) is 16.7. The molecule has 1 saturated heterocycles. The van der Waals surface area contributed by atoms with Crippen molar-refractivity contribution in [3.05, 3.63) is 65.2 Å². The number of likely N-dealkylation sites (tertiary alicyclic amines) is 1. The number of rotatable bonds is 6. The molecule has 1 fully saturated rings. The number of aromatic nitrogens is 3. The zero-order chi connectivity index (χ0) is 22.7. The topological polar surface area (TPSA) is 54.4 Å². The van der Waals surface area contributed by atoms with Crippen molar-refractivity contribution < 1.29 is 4.74 Å². The lowest BCUT2D eigenvalue weighted by Gasteiger charge is -2.37. The van der Waals surface area contributed by atoms with Gasteiger partial charge in [0.05, 0.1) is 18.8 Å². The molecule has 0 radical (unpaired) electrons. The number of ether oxygens (including phenoxy) is 1. The molecule has 1 atom stereocenters. The van der Waals surface area contributed by atoms with Gasteiger partial charge in [-0.25, -0.2) is 9.97 Å². The van der Waals surface area contributed by atoms with Crippen LogP contribution in [-0.2, 0) is 6.54 Å². The largest absolute Gasteiger partial charge is 0.496 e. The van der Waals surface area contributed by atoms with Crippen LogP contribution in [-0.4, -0.2) is 47.6 Å². The van der Waals surface area contributed by atoms with Crippen molar-refractivity contribution in [1.82, 2.24) is 19.9 Å². The van der Waals surface area contributed by atoms with Crippen molar-refractivity contribution >= 4 is 5.95 Å². The van der Waals surface area contributed by atoms with Crippen LogP contribution in [0, 0.1) is 13.8 Å². The summed E-state index contributed by atoms with van der Waals surface area (Å²) in [5.74, 6) is 1.70. The molecule has 1 aliphatic heterocycles. The highest BCUT2D eigenvalue weighted by atomic mass is 16.5. The maximum atomic E-state index is 5.52. The van der Waals surface area contributed by atoms with Gasteiger partial charge in [0.15, 0.2) is 0 Å². The van der Waals surface area contributed by atoms with Crippen LogP contribution in [0.1, 0.15) is 47.7 Å². The van der Waals surface area contributed by atoms with Gasteiger partial charge in [-0.15, -0.1) is 0 Å². The molecule has 3 aromatic rings. The summed E-state index contributed by atoms with van der Waals surface area (Å²) in [5.41, 5.74) is 7.19. The van der Waals surface area contributed by atoms with Gasteiger partial charge in [0.25, 0.3) is 0 Å². The van der Waals surface area contributed by atoms with Crippen LogP contribution in [0.4, 0.5) is 5.95 Å². The molecule has 0 spiro atoms. The van der Waals surface area contributed by atoms with Gasteiger partial charge in [-0.2, -0.15) is 0 Å². The van der Waals surface area contributed by atoms with E-state index < -0.39 is 0 Å². The van der Waals surface area contributed by atoms with Gasteiger partial charge in [-0.1, -0.05) is 12.5 Å². The van der Waals surface area contributed by atoms with Crippen LogP contribution in [0.15, 0.2) is 42.9 Å². The molecule has 3 heterocycles. The van der Waals surface area contributed by atoms with Crippen molar-refractivity contribution in [2.75, 3.05) is 32.6 Å². The number of pyridine rings is 1. The van der Waals surface area contributed by atoms with E-state index in [2.05, 4.69) is 40.8 Å². The summed E-state index contributed by atoms with van der Waals surface area (Å²) in [6.45, 7) is 6.30. The Kier molecular flexibility index (Phi) is 6.70. The minimum Gasteiger partial charge on any atom is -0.496 e. The average molecular weight is 432 g/mol. The van der Waals surface area contributed by atoms with E-state index in [1.54, 1.807) is 7.11 Å². The molecule has 1 aliphatic rings. The number of anilines is 1. The van der Waals surface area contributed by atoms with Crippen molar-refractivity contribution in [1.29, 1.82) is 0 Å². The van der Waals surface area contributed by atoms with Gasteiger partial charge < -0.3 is 9.64 Å². The quantitative estimate of drug-likeness (QED) is 0.550. The first-order valence-electron chi connectivity index (χ1n) is 11.3. The Labute approximate surface area is 191 Å². The van der Waals surface area contributed by atoms with Gasteiger partial charge in [0.1, 0.15) is 5.75 Å². The summed E-state index contributed by atoms with van der Waals surface area (Å²) in [7, 11) is 5.72. The molecule has 0 amide bonds. The Morgan fingerprint density at radius 3 is 2.56 bits per heavy atom. The van der Waals surface area contributed by atoms with Crippen LogP contribution in [0.5, 0.6) is 5.75 Å². The predicted molar refractivity (Wildman–Crippen MR) is 129 cm³/mol. The molecule has 32 heavy (non-hydrogen) atoms. The number of methoxy groups -OCH3 is 1. The minimum atomic E-state index is 0.246. The molecule has 0 N–H and O–H groups in total. The Balaban J connectivity index is 1.74. The fraction of sp³-hybridized carbons (Fsp3) is 0.423. The van der Waals surface area contributed by atoms with Crippen molar-refractivity contribution in [3.63, 3.8) is 0 Å². The van der Waals surface area contributed by atoms with Crippen LogP contribution in [0.3, 0.4) is 0 Å². The number of nitrogens with zero attached hydrogens (tertiary/aromatic N) is 5. The Morgan fingerprint density at radius 1 is 1.06 bits per heavy atom. The summed E-state index contributed by atoms with van der Waals surface area (Å²) < 4.78 is 5.52. The molecule has 0 unspecified atom stereocenters. The molecule has 0 saturated carbocycles. The third kappa shape index (κ3) is 4.46. The Bertz CT molecular complexity index is 1070. The first kappa shape index (κ1) is 22.2. The highest BCUT2D eigenvalue weighted by molar-refractivity contribution is 5.66. The molecular formula is C26H33N5O. The van der Waals surface area contributed by atoms with Gasteiger partial charge in [-0.3, -0.25) is 9.88 Å². The summed E-state index contributed by atoms with van der Waals surface area (Å²) in [6.07, 6.45) is 9.15. The van der Waals surface area contributed by atoms with E-state index in [-0.39, 0.29) is 6.04 Å². The zero-order valence-electron chi connectivity index (χ0n) is 19.8. The molecule has 4 rings (SSSR count). The van der Waals surface area contributed by atoms with Crippen molar-refractivity contribution in [2.45, 2.75) is 45.7 Å². The second-order valence-electron chi connectivity index (χ2n) is 8.76. The van der Waals surface area contributed by atoms with E-state index in [9.17, 15) is 0 Å². The third-order valence-electron chi connectivity index (χ3n) is 6.57. The minimum absolute atomic E-state index is 0.246. The molecule has 6 nitrogen and oxygen atoms in total. The SMILES string of the molecule is COc1ccc(CN2CCCC[C@@H]2c2nc(N(C)C)ncc2-c2ccncc2)c(C)c1C. The lowest BCUT2D eigenvalue weighted by molar-refractivity contribution is 0.137. The zero-order valence-corrected chi connectivity index (χ0v) is 19.8. The Morgan fingerprint density at radius 2 is 1.84 bits per heavy atom. The van der Waals surface area contributed by atoms with Gasteiger partial charge in [0, 0.05) is 44.8 Å². The van der Waals surface area contributed by atoms with Gasteiger partial charge >= 0.3 is 0 Å². The third-order valence-corrected chi connectivity index (χ3v) is 6.57. The molecule has 0 aliphatic carbocycles. The molecule has 6 heteroatoms. The summed E-state index contributed by atoms with van der Waals surface area (Å²) in [5, 5.41) is 0. The number of hydrogen-bond donors (Lipinski definition) is 0. The molecule has 168 valence electrons. The first-order valence-corrected chi connectivity index (χ1v) is 11.3. The number of piperidine rings is 1.